The molecule has 0 bridgehead atoms. The Morgan fingerprint density at radius 2 is 0.682 bits per heavy atom. The Hall–Kier alpha value is -2.74. The molecule has 0 atom stereocenters. The summed E-state index contributed by atoms with van der Waals surface area (Å²) in [6.07, 6.45) is 0. The van der Waals surface area contributed by atoms with Gasteiger partial charge in [-0.1, -0.05) is 36.4 Å². The molecule has 0 saturated carbocycles. The van der Waals surface area contributed by atoms with Crippen LogP contribution in [-0.4, -0.2) is 14.1 Å². The van der Waals surface area contributed by atoms with Gasteiger partial charge in [0.15, 0.2) is 0 Å². The second kappa shape index (κ2) is 6.35. The van der Waals surface area contributed by atoms with Crippen molar-refractivity contribution in [3.8, 4) is 0 Å². The topological polar surface area (TPSA) is 6.48 Å². The van der Waals surface area contributed by atoms with E-state index in [4.69, 9.17) is 0 Å². The molecule has 2 heteroatoms. The molecule has 0 fully saturated rings. The molecule has 0 radical (unpaired) electrons. The van der Waals surface area contributed by atoms with Gasteiger partial charge < -0.3 is 9.80 Å². The van der Waals surface area contributed by atoms with E-state index in [1.165, 1.54) is 22.7 Å². The summed E-state index contributed by atoms with van der Waals surface area (Å²) < 4.78 is 0. The van der Waals surface area contributed by atoms with Crippen LogP contribution in [0.3, 0.4) is 0 Å². The zero-order valence-corrected chi connectivity index (χ0v) is 13.0. The maximum atomic E-state index is 2.19. The van der Waals surface area contributed by atoms with Gasteiger partial charge in [0.25, 0.3) is 0 Å². The third-order valence-electron chi connectivity index (χ3n) is 3.91. The standard InChI is InChI=1S/C20H20N2/c1-21(17-9-5-3-6-10-17)19-13-15-20(16-14-19)22(2)18-11-7-4-8-12-18/h3-16H,1-2H3. The Labute approximate surface area is 132 Å². The number of para-hydroxylation sites is 2. The van der Waals surface area contributed by atoms with Crippen LogP contribution in [0.15, 0.2) is 84.9 Å². The summed E-state index contributed by atoms with van der Waals surface area (Å²) in [4.78, 5) is 4.37. The zero-order chi connectivity index (χ0) is 15.4. The quantitative estimate of drug-likeness (QED) is 0.649. The average molecular weight is 288 g/mol. The van der Waals surface area contributed by atoms with Gasteiger partial charge in [0, 0.05) is 36.8 Å². The molecule has 0 saturated heterocycles. The molecule has 0 unspecified atom stereocenters. The molecule has 0 aliphatic heterocycles. The first-order valence-corrected chi connectivity index (χ1v) is 7.43. The number of benzene rings is 3. The fraction of sp³-hybridized carbons (Fsp3) is 0.100. The van der Waals surface area contributed by atoms with E-state index in [2.05, 4.69) is 96.7 Å². The number of rotatable bonds is 4. The first-order valence-electron chi connectivity index (χ1n) is 7.43. The minimum Gasteiger partial charge on any atom is -0.345 e. The average Bonchev–Trinajstić information content (AvgIpc) is 2.62. The molecule has 3 aromatic carbocycles. The highest BCUT2D eigenvalue weighted by atomic mass is 15.1. The summed E-state index contributed by atoms with van der Waals surface area (Å²) in [5.41, 5.74) is 4.73. The summed E-state index contributed by atoms with van der Waals surface area (Å²) in [6, 6.07) is 29.4. The van der Waals surface area contributed by atoms with Crippen molar-refractivity contribution in [2.75, 3.05) is 23.9 Å². The smallest absolute Gasteiger partial charge is 0.0409 e. The third-order valence-corrected chi connectivity index (χ3v) is 3.91. The predicted octanol–water partition coefficient (Wildman–Crippen LogP) is 5.22. The second-order valence-electron chi connectivity index (χ2n) is 5.31. The number of hydrogen-bond donors (Lipinski definition) is 0. The highest BCUT2D eigenvalue weighted by Gasteiger charge is 2.06. The van der Waals surface area contributed by atoms with Gasteiger partial charge in [0.1, 0.15) is 0 Å². The maximum Gasteiger partial charge on any atom is 0.0409 e. The van der Waals surface area contributed by atoms with Crippen LogP contribution in [0.5, 0.6) is 0 Å². The highest BCUT2D eigenvalue weighted by molar-refractivity contribution is 5.68. The van der Waals surface area contributed by atoms with E-state index in [1.54, 1.807) is 0 Å². The molecule has 0 N–H and O–H groups in total. The minimum absolute atomic E-state index is 1.18. The van der Waals surface area contributed by atoms with Crippen molar-refractivity contribution in [3.63, 3.8) is 0 Å². The van der Waals surface area contributed by atoms with Crippen molar-refractivity contribution in [1.82, 2.24) is 0 Å². The van der Waals surface area contributed by atoms with Crippen LogP contribution >= 0.6 is 0 Å². The maximum absolute atomic E-state index is 2.19. The van der Waals surface area contributed by atoms with Crippen LogP contribution in [0.1, 0.15) is 0 Å². The van der Waals surface area contributed by atoms with E-state index in [-0.39, 0.29) is 0 Å². The van der Waals surface area contributed by atoms with Crippen LogP contribution in [0, 0.1) is 0 Å². The Balaban J connectivity index is 1.81. The first-order chi connectivity index (χ1) is 10.8. The zero-order valence-electron chi connectivity index (χ0n) is 13.0. The van der Waals surface area contributed by atoms with E-state index >= 15 is 0 Å². The van der Waals surface area contributed by atoms with Gasteiger partial charge in [-0.3, -0.25) is 0 Å². The lowest BCUT2D eigenvalue weighted by Gasteiger charge is -2.22. The van der Waals surface area contributed by atoms with Gasteiger partial charge in [0.05, 0.1) is 0 Å². The molecule has 110 valence electrons. The lowest BCUT2D eigenvalue weighted by molar-refractivity contribution is 1.18. The molecule has 3 rings (SSSR count). The Kier molecular flexibility index (Phi) is 4.10. The first kappa shape index (κ1) is 14.2. The number of hydrogen-bond acceptors (Lipinski definition) is 2. The SMILES string of the molecule is CN(c1ccccc1)c1ccc(N(C)c2ccccc2)cc1. The molecule has 0 amide bonds. The van der Waals surface area contributed by atoms with E-state index in [9.17, 15) is 0 Å². The van der Waals surface area contributed by atoms with E-state index in [1.807, 2.05) is 12.1 Å². The minimum atomic E-state index is 1.18. The molecular weight excluding hydrogens is 268 g/mol. The molecular formula is C20H20N2. The Bertz CT molecular complexity index is 641. The summed E-state index contributed by atoms with van der Waals surface area (Å²) in [7, 11) is 4.18. The van der Waals surface area contributed by atoms with Crippen molar-refractivity contribution in [2.24, 2.45) is 0 Å². The van der Waals surface area contributed by atoms with Gasteiger partial charge in [-0.15, -0.1) is 0 Å². The van der Waals surface area contributed by atoms with Gasteiger partial charge in [-0.2, -0.15) is 0 Å². The lowest BCUT2D eigenvalue weighted by atomic mass is 10.2. The van der Waals surface area contributed by atoms with Crippen molar-refractivity contribution >= 4 is 22.7 Å². The Morgan fingerprint density at radius 1 is 0.409 bits per heavy atom. The highest BCUT2D eigenvalue weighted by Crippen LogP contribution is 2.28. The van der Waals surface area contributed by atoms with Gasteiger partial charge in [-0.05, 0) is 48.5 Å². The molecule has 0 aliphatic rings. The molecule has 0 spiro atoms. The van der Waals surface area contributed by atoms with Crippen LogP contribution in [0.2, 0.25) is 0 Å². The number of nitrogens with zero attached hydrogens (tertiary/aromatic N) is 2. The van der Waals surface area contributed by atoms with Gasteiger partial charge >= 0.3 is 0 Å². The molecule has 0 aromatic heterocycles. The summed E-state index contributed by atoms with van der Waals surface area (Å²) >= 11 is 0. The summed E-state index contributed by atoms with van der Waals surface area (Å²) in [6.45, 7) is 0. The number of anilines is 4. The van der Waals surface area contributed by atoms with Crippen molar-refractivity contribution in [1.29, 1.82) is 0 Å². The van der Waals surface area contributed by atoms with Crippen LogP contribution < -0.4 is 9.80 Å². The molecule has 3 aromatic rings. The Morgan fingerprint density at radius 3 is 1.00 bits per heavy atom. The third kappa shape index (κ3) is 2.96. The summed E-state index contributed by atoms with van der Waals surface area (Å²) in [5, 5.41) is 0. The normalized spacial score (nSPS) is 10.3. The molecule has 22 heavy (non-hydrogen) atoms. The predicted molar refractivity (Wildman–Crippen MR) is 95.5 cm³/mol. The van der Waals surface area contributed by atoms with Crippen molar-refractivity contribution in [2.45, 2.75) is 0 Å². The van der Waals surface area contributed by atoms with Crippen LogP contribution in [0.4, 0.5) is 22.7 Å². The van der Waals surface area contributed by atoms with Crippen molar-refractivity contribution < 1.29 is 0 Å². The van der Waals surface area contributed by atoms with Gasteiger partial charge in [-0.25, -0.2) is 0 Å². The van der Waals surface area contributed by atoms with Crippen LogP contribution in [-0.2, 0) is 0 Å². The van der Waals surface area contributed by atoms with E-state index < -0.39 is 0 Å². The van der Waals surface area contributed by atoms with E-state index in [0.29, 0.717) is 0 Å². The largest absolute Gasteiger partial charge is 0.345 e. The van der Waals surface area contributed by atoms with E-state index in [0.717, 1.165) is 0 Å². The fourth-order valence-electron chi connectivity index (χ4n) is 2.50. The van der Waals surface area contributed by atoms with Gasteiger partial charge in [0.2, 0.25) is 0 Å². The monoisotopic (exact) mass is 288 g/mol. The molecule has 2 nitrogen and oxygen atoms in total. The second-order valence-corrected chi connectivity index (χ2v) is 5.31. The molecule has 0 aliphatic carbocycles. The van der Waals surface area contributed by atoms with Crippen LogP contribution in [0.25, 0.3) is 0 Å². The lowest BCUT2D eigenvalue weighted by Crippen LogP contribution is -2.11. The summed E-state index contributed by atoms with van der Waals surface area (Å²) in [5.74, 6) is 0. The van der Waals surface area contributed by atoms with Crippen molar-refractivity contribution in [3.05, 3.63) is 84.9 Å². The fourth-order valence-corrected chi connectivity index (χ4v) is 2.50. The molecule has 0 heterocycles.